The van der Waals surface area contributed by atoms with Crippen LogP contribution in [0.5, 0.6) is 0 Å². The fourth-order valence-corrected chi connectivity index (χ4v) is 0.706. The molecule has 1 unspecified atom stereocenters. The highest BCUT2D eigenvalue weighted by Crippen LogP contribution is 2.01. The fraction of sp³-hybridized carbons (Fsp3) is 1.00. The first-order valence-electron chi connectivity index (χ1n) is 3.22. The standard InChI is InChI=1S/C5H9NO5/c7-6(8)4-11-5-3-9-1-2-10-5/h5H,1-4H2. The van der Waals surface area contributed by atoms with Crippen molar-refractivity contribution in [3.8, 4) is 0 Å². The number of ether oxygens (including phenoxy) is 3. The van der Waals surface area contributed by atoms with E-state index in [0.717, 1.165) is 0 Å². The van der Waals surface area contributed by atoms with Crippen molar-refractivity contribution < 1.29 is 19.1 Å². The maximum atomic E-state index is 9.83. The second-order valence-electron chi connectivity index (χ2n) is 2.00. The van der Waals surface area contributed by atoms with Gasteiger partial charge in [0.2, 0.25) is 0 Å². The summed E-state index contributed by atoms with van der Waals surface area (Å²) in [7, 11) is 0. The molecule has 6 nitrogen and oxygen atoms in total. The molecule has 6 heteroatoms. The smallest absolute Gasteiger partial charge is 0.308 e. The third-order valence-corrected chi connectivity index (χ3v) is 1.15. The van der Waals surface area contributed by atoms with E-state index in [9.17, 15) is 10.1 Å². The molecule has 0 bridgehead atoms. The van der Waals surface area contributed by atoms with E-state index in [-0.39, 0.29) is 6.61 Å². The Morgan fingerprint density at radius 3 is 3.00 bits per heavy atom. The summed E-state index contributed by atoms with van der Waals surface area (Å²) in [6.07, 6.45) is -0.575. The topological polar surface area (TPSA) is 70.8 Å². The fourth-order valence-electron chi connectivity index (χ4n) is 0.706. The van der Waals surface area contributed by atoms with Gasteiger partial charge in [0.15, 0.2) is 6.29 Å². The van der Waals surface area contributed by atoms with Crippen molar-refractivity contribution in [2.75, 3.05) is 26.6 Å². The number of hydrogen-bond donors (Lipinski definition) is 0. The lowest BCUT2D eigenvalue weighted by atomic mass is 10.6. The van der Waals surface area contributed by atoms with Crippen LogP contribution in [0.1, 0.15) is 0 Å². The van der Waals surface area contributed by atoms with Crippen molar-refractivity contribution in [1.82, 2.24) is 0 Å². The molecule has 0 aromatic carbocycles. The highest BCUT2D eigenvalue weighted by atomic mass is 16.7. The highest BCUT2D eigenvalue weighted by Gasteiger charge is 2.16. The van der Waals surface area contributed by atoms with Crippen LogP contribution >= 0.6 is 0 Å². The van der Waals surface area contributed by atoms with Gasteiger partial charge in [-0.15, -0.1) is 0 Å². The van der Waals surface area contributed by atoms with E-state index >= 15 is 0 Å². The lowest BCUT2D eigenvalue weighted by Crippen LogP contribution is -2.32. The summed E-state index contributed by atoms with van der Waals surface area (Å²) in [5, 5.41) is 9.83. The molecule has 0 amide bonds. The Labute approximate surface area is 63.2 Å². The Bertz CT molecular complexity index is 133. The van der Waals surface area contributed by atoms with Crippen LogP contribution in [0.15, 0.2) is 0 Å². The SMILES string of the molecule is O=[N+]([O-])COC1COCCO1. The van der Waals surface area contributed by atoms with Crippen molar-refractivity contribution in [2.45, 2.75) is 6.29 Å². The largest absolute Gasteiger partial charge is 0.374 e. The number of nitro groups is 1. The van der Waals surface area contributed by atoms with Crippen LogP contribution < -0.4 is 0 Å². The normalized spacial score (nSPS) is 24.9. The van der Waals surface area contributed by atoms with Crippen molar-refractivity contribution in [2.24, 2.45) is 0 Å². The molecule has 1 rings (SSSR count). The van der Waals surface area contributed by atoms with Gasteiger partial charge in [-0.05, 0) is 0 Å². The molecule has 64 valence electrons. The third-order valence-electron chi connectivity index (χ3n) is 1.15. The minimum absolute atomic E-state index is 0.272. The monoisotopic (exact) mass is 163 g/mol. The molecule has 0 aromatic rings. The highest BCUT2D eigenvalue weighted by molar-refractivity contribution is 4.46. The molecule has 1 aliphatic heterocycles. The average molecular weight is 163 g/mol. The Kier molecular flexibility index (Phi) is 3.21. The summed E-state index contributed by atoms with van der Waals surface area (Å²) in [5.41, 5.74) is 0. The molecule has 0 N–H and O–H groups in total. The first kappa shape index (κ1) is 8.38. The molecule has 11 heavy (non-hydrogen) atoms. The number of nitrogens with zero attached hydrogens (tertiary/aromatic N) is 1. The maximum Gasteiger partial charge on any atom is 0.308 e. The van der Waals surface area contributed by atoms with Crippen molar-refractivity contribution in [3.63, 3.8) is 0 Å². The molecule has 1 heterocycles. The first-order chi connectivity index (χ1) is 5.29. The molecule has 1 aliphatic rings. The van der Waals surface area contributed by atoms with E-state index in [2.05, 4.69) is 0 Å². The van der Waals surface area contributed by atoms with Gasteiger partial charge in [-0.1, -0.05) is 0 Å². The van der Waals surface area contributed by atoms with Gasteiger partial charge in [-0.3, -0.25) is 14.9 Å². The number of rotatable bonds is 3. The van der Waals surface area contributed by atoms with Crippen LogP contribution in [0.2, 0.25) is 0 Å². The number of hydrogen-bond acceptors (Lipinski definition) is 5. The second-order valence-corrected chi connectivity index (χ2v) is 2.00. The van der Waals surface area contributed by atoms with Gasteiger partial charge in [0.05, 0.1) is 19.8 Å². The summed E-state index contributed by atoms with van der Waals surface area (Å²) in [4.78, 5) is 9.27. The Hall–Kier alpha value is -0.720. The van der Waals surface area contributed by atoms with Crippen LogP contribution in [-0.4, -0.2) is 37.8 Å². The summed E-state index contributed by atoms with van der Waals surface area (Å²) < 4.78 is 14.6. The summed E-state index contributed by atoms with van der Waals surface area (Å²) in [5.74, 6) is 0. The average Bonchev–Trinajstić information content (AvgIpc) is 2.03. The molecule has 1 saturated heterocycles. The minimum Gasteiger partial charge on any atom is -0.374 e. The zero-order valence-electron chi connectivity index (χ0n) is 5.89. The molecule has 0 radical (unpaired) electrons. The van der Waals surface area contributed by atoms with E-state index in [4.69, 9.17) is 14.2 Å². The van der Waals surface area contributed by atoms with Gasteiger partial charge in [-0.2, -0.15) is 0 Å². The predicted octanol–water partition coefficient (Wildman–Crippen LogP) is -0.390. The van der Waals surface area contributed by atoms with Crippen LogP contribution in [-0.2, 0) is 14.2 Å². The molecule has 1 atom stereocenters. The summed E-state index contributed by atoms with van der Waals surface area (Å²) in [6.45, 7) is 0.697. The zero-order chi connectivity index (χ0) is 8.10. The van der Waals surface area contributed by atoms with Gasteiger partial charge < -0.3 is 9.47 Å². The molecular weight excluding hydrogens is 154 g/mol. The van der Waals surface area contributed by atoms with Crippen LogP contribution in [0, 0.1) is 10.1 Å². The van der Waals surface area contributed by atoms with E-state index < -0.39 is 17.9 Å². The van der Waals surface area contributed by atoms with Crippen LogP contribution in [0.4, 0.5) is 0 Å². The predicted molar refractivity (Wildman–Crippen MR) is 33.5 cm³/mol. The lowest BCUT2D eigenvalue weighted by Gasteiger charge is -2.20. The summed E-state index contributed by atoms with van der Waals surface area (Å²) in [6, 6.07) is 0. The Morgan fingerprint density at radius 1 is 1.64 bits per heavy atom. The van der Waals surface area contributed by atoms with Crippen LogP contribution in [0.25, 0.3) is 0 Å². The first-order valence-corrected chi connectivity index (χ1v) is 3.22. The van der Waals surface area contributed by atoms with Crippen molar-refractivity contribution in [3.05, 3.63) is 10.1 Å². The molecular formula is C5H9NO5. The molecule has 0 saturated carbocycles. The quantitative estimate of drug-likeness (QED) is 0.322. The van der Waals surface area contributed by atoms with Gasteiger partial charge in [-0.25, -0.2) is 0 Å². The second kappa shape index (κ2) is 4.22. The van der Waals surface area contributed by atoms with Crippen molar-refractivity contribution in [1.29, 1.82) is 0 Å². The van der Waals surface area contributed by atoms with Crippen molar-refractivity contribution >= 4 is 0 Å². The van der Waals surface area contributed by atoms with Gasteiger partial charge in [0.25, 0.3) is 0 Å². The summed E-state index contributed by atoms with van der Waals surface area (Å²) >= 11 is 0. The lowest BCUT2D eigenvalue weighted by molar-refractivity contribution is -0.538. The van der Waals surface area contributed by atoms with E-state index in [1.807, 2.05) is 0 Å². The zero-order valence-corrected chi connectivity index (χ0v) is 5.89. The Balaban J connectivity index is 2.09. The van der Waals surface area contributed by atoms with Gasteiger partial charge in [0.1, 0.15) is 0 Å². The molecule has 0 aliphatic carbocycles. The minimum atomic E-state index is -0.575. The maximum absolute atomic E-state index is 9.83. The van der Waals surface area contributed by atoms with E-state index in [0.29, 0.717) is 13.2 Å². The molecule has 1 fully saturated rings. The van der Waals surface area contributed by atoms with Gasteiger partial charge >= 0.3 is 6.73 Å². The third kappa shape index (κ3) is 3.26. The Morgan fingerprint density at radius 2 is 2.45 bits per heavy atom. The molecule has 0 aromatic heterocycles. The van der Waals surface area contributed by atoms with E-state index in [1.54, 1.807) is 0 Å². The van der Waals surface area contributed by atoms with Gasteiger partial charge in [0, 0.05) is 4.92 Å². The van der Waals surface area contributed by atoms with Crippen LogP contribution in [0.3, 0.4) is 0 Å². The van der Waals surface area contributed by atoms with E-state index in [1.165, 1.54) is 0 Å². The molecule has 0 spiro atoms.